The molecule has 134 valence electrons. The van der Waals surface area contributed by atoms with Crippen LogP contribution in [0.15, 0.2) is 48.5 Å². The Morgan fingerprint density at radius 1 is 1.08 bits per heavy atom. The molecule has 0 aliphatic heterocycles. The molecule has 2 aromatic rings. The van der Waals surface area contributed by atoms with Crippen molar-refractivity contribution in [1.82, 2.24) is 0 Å². The van der Waals surface area contributed by atoms with Gasteiger partial charge in [0.1, 0.15) is 11.8 Å². The molecule has 0 saturated carbocycles. The molecule has 0 radical (unpaired) electrons. The van der Waals surface area contributed by atoms with E-state index in [1.54, 1.807) is 36.4 Å². The van der Waals surface area contributed by atoms with Gasteiger partial charge in [0, 0.05) is 5.56 Å². The molecule has 5 nitrogen and oxygen atoms in total. The summed E-state index contributed by atoms with van der Waals surface area (Å²) in [5.74, 6) is -0.196. The summed E-state index contributed by atoms with van der Waals surface area (Å²) in [5.41, 5.74) is 2.00. The first-order chi connectivity index (χ1) is 12.5. The summed E-state index contributed by atoms with van der Waals surface area (Å²) in [6.07, 6.45) is 1.03. The van der Waals surface area contributed by atoms with Gasteiger partial charge in [0.05, 0.1) is 5.56 Å². The van der Waals surface area contributed by atoms with E-state index in [1.165, 1.54) is 5.56 Å². The number of benzene rings is 2. The predicted octanol–water partition coefficient (Wildman–Crippen LogP) is 3.88. The van der Waals surface area contributed by atoms with Crippen molar-refractivity contribution in [3.8, 4) is 11.8 Å². The highest BCUT2D eigenvalue weighted by Crippen LogP contribution is 2.19. The Balaban J connectivity index is 1.83. The lowest BCUT2D eigenvalue weighted by atomic mass is 9.97. The summed E-state index contributed by atoms with van der Waals surface area (Å²) in [4.78, 5) is 23.9. The van der Waals surface area contributed by atoms with Crippen LogP contribution in [0.1, 0.15) is 47.7 Å². The van der Waals surface area contributed by atoms with Crippen molar-refractivity contribution in [3.05, 3.63) is 65.2 Å². The highest BCUT2D eigenvalue weighted by Gasteiger charge is 2.12. The van der Waals surface area contributed by atoms with Crippen LogP contribution in [0, 0.1) is 11.3 Å². The lowest BCUT2D eigenvalue weighted by Gasteiger charge is -2.10. The Hall–Kier alpha value is -3.13. The van der Waals surface area contributed by atoms with Crippen molar-refractivity contribution in [2.75, 3.05) is 13.2 Å². The summed E-state index contributed by atoms with van der Waals surface area (Å²) in [6.45, 7) is 3.53. The zero-order valence-corrected chi connectivity index (χ0v) is 14.9. The average Bonchev–Trinajstić information content (AvgIpc) is 2.70. The fraction of sp³-hybridized carbons (Fsp3) is 0.286. The molecule has 0 fully saturated rings. The van der Waals surface area contributed by atoms with Gasteiger partial charge >= 0.3 is 5.97 Å². The number of rotatable bonds is 8. The van der Waals surface area contributed by atoms with E-state index in [2.05, 4.69) is 13.8 Å². The van der Waals surface area contributed by atoms with Crippen LogP contribution in [0.5, 0.6) is 5.75 Å². The maximum atomic E-state index is 12.1. The van der Waals surface area contributed by atoms with Crippen molar-refractivity contribution in [1.29, 1.82) is 5.26 Å². The van der Waals surface area contributed by atoms with Gasteiger partial charge in [-0.2, -0.15) is 5.26 Å². The number of esters is 1. The van der Waals surface area contributed by atoms with Gasteiger partial charge in [-0.15, -0.1) is 0 Å². The molecule has 2 aromatic carbocycles. The summed E-state index contributed by atoms with van der Waals surface area (Å²) >= 11 is 0. The maximum Gasteiger partial charge on any atom is 0.344 e. The molecule has 0 spiro atoms. The Bertz CT molecular complexity index is 806. The number of carbonyl (C=O) groups excluding carboxylic acids is 2. The zero-order chi connectivity index (χ0) is 18.9. The van der Waals surface area contributed by atoms with E-state index >= 15 is 0 Å². The predicted molar refractivity (Wildman–Crippen MR) is 97.1 cm³/mol. The van der Waals surface area contributed by atoms with E-state index in [0.717, 1.165) is 6.42 Å². The van der Waals surface area contributed by atoms with Crippen LogP contribution in [0.2, 0.25) is 0 Å². The van der Waals surface area contributed by atoms with Gasteiger partial charge in [-0.05, 0) is 30.0 Å². The number of hydrogen-bond acceptors (Lipinski definition) is 5. The number of nitrogens with zero attached hydrogens (tertiary/aromatic N) is 1. The van der Waals surface area contributed by atoms with Gasteiger partial charge in [0.25, 0.3) is 0 Å². The molecule has 2 rings (SSSR count). The second-order valence-corrected chi connectivity index (χ2v) is 5.91. The third kappa shape index (κ3) is 5.18. The van der Waals surface area contributed by atoms with E-state index in [-0.39, 0.29) is 19.0 Å². The summed E-state index contributed by atoms with van der Waals surface area (Å²) in [6, 6.07) is 15.9. The maximum absolute atomic E-state index is 12.1. The van der Waals surface area contributed by atoms with Crippen molar-refractivity contribution in [2.24, 2.45) is 0 Å². The summed E-state index contributed by atoms with van der Waals surface area (Å²) in [7, 11) is 0. The molecule has 0 N–H and O–H groups in total. The third-order valence-corrected chi connectivity index (χ3v) is 4.13. The van der Waals surface area contributed by atoms with Crippen LogP contribution in [0.4, 0.5) is 0 Å². The molecule has 0 aliphatic rings. The van der Waals surface area contributed by atoms with Crippen molar-refractivity contribution in [3.63, 3.8) is 0 Å². The second-order valence-electron chi connectivity index (χ2n) is 5.91. The van der Waals surface area contributed by atoms with Crippen molar-refractivity contribution >= 4 is 11.8 Å². The number of hydrogen-bond donors (Lipinski definition) is 0. The van der Waals surface area contributed by atoms with Crippen LogP contribution >= 0.6 is 0 Å². The van der Waals surface area contributed by atoms with Crippen LogP contribution in [-0.4, -0.2) is 25.0 Å². The van der Waals surface area contributed by atoms with Gasteiger partial charge < -0.3 is 9.47 Å². The van der Waals surface area contributed by atoms with Gasteiger partial charge in [-0.3, -0.25) is 4.79 Å². The molecule has 5 heteroatoms. The highest BCUT2D eigenvalue weighted by atomic mass is 16.6. The number of ketones is 1. The molecular weight excluding hydrogens is 330 g/mol. The standard InChI is InChI=1S/C21H21NO4/c1-3-15(2)16-8-10-17(11-9-16)19(23)13-26-21(24)14-25-20-7-5-4-6-18(20)12-22/h4-11,15H,3,13-14H2,1-2H3/t15-/m1/s1. The molecule has 0 heterocycles. The fourth-order valence-corrected chi connectivity index (χ4v) is 2.33. The third-order valence-electron chi connectivity index (χ3n) is 4.13. The second kappa shape index (κ2) is 9.38. The quantitative estimate of drug-likeness (QED) is 0.533. The SMILES string of the molecule is CC[C@@H](C)c1ccc(C(=O)COC(=O)COc2ccccc2C#N)cc1. The lowest BCUT2D eigenvalue weighted by Crippen LogP contribution is -2.19. The minimum atomic E-state index is -0.665. The highest BCUT2D eigenvalue weighted by molar-refractivity contribution is 5.98. The van der Waals surface area contributed by atoms with E-state index in [9.17, 15) is 9.59 Å². The molecule has 0 saturated heterocycles. The molecule has 1 atom stereocenters. The van der Waals surface area contributed by atoms with Gasteiger partial charge in [0.15, 0.2) is 19.0 Å². The monoisotopic (exact) mass is 351 g/mol. The van der Waals surface area contributed by atoms with Gasteiger partial charge in [0.2, 0.25) is 0 Å². The smallest absolute Gasteiger partial charge is 0.344 e. The molecule has 0 bridgehead atoms. The Labute approximate surface area is 153 Å². The first kappa shape index (κ1) is 19.2. The number of para-hydroxylation sites is 1. The average molecular weight is 351 g/mol. The first-order valence-electron chi connectivity index (χ1n) is 8.45. The van der Waals surface area contributed by atoms with Crippen LogP contribution < -0.4 is 4.74 Å². The van der Waals surface area contributed by atoms with Crippen LogP contribution in [-0.2, 0) is 9.53 Å². The summed E-state index contributed by atoms with van der Waals surface area (Å²) < 4.78 is 10.2. The Morgan fingerprint density at radius 3 is 2.42 bits per heavy atom. The fourth-order valence-electron chi connectivity index (χ4n) is 2.33. The molecule has 26 heavy (non-hydrogen) atoms. The number of nitriles is 1. The molecule has 0 aromatic heterocycles. The van der Waals surface area contributed by atoms with E-state index in [1.807, 2.05) is 18.2 Å². The zero-order valence-electron chi connectivity index (χ0n) is 14.9. The number of carbonyl (C=O) groups is 2. The topological polar surface area (TPSA) is 76.4 Å². The minimum Gasteiger partial charge on any atom is -0.481 e. The molecule has 0 unspecified atom stereocenters. The number of ether oxygens (including phenoxy) is 2. The molecule has 0 amide bonds. The Morgan fingerprint density at radius 2 is 1.77 bits per heavy atom. The molecule has 0 aliphatic carbocycles. The van der Waals surface area contributed by atoms with Gasteiger partial charge in [-0.1, -0.05) is 50.2 Å². The van der Waals surface area contributed by atoms with E-state index < -0.39 is 5.97 Å². The normalized spacial score (nSPS) is 11.3. The number of Topliss-reactive ketones (excluding diaryl/α,β-unsaturated/α-hetero) is 1. The van der Waals surface area contributed by atoms with Crippen LogP contribution in [0.25, 0.3) is 0 Å². The van der Waals surface area contributed by atoms with Crippen LogP contribution in [0.3, 0.4) is 0 Å². The van der Waals surface area contributed by atoms with Crippen molar-refractivity contribution in [2.45, 2.75) is 26.2 Å². The summed E-state index contributed by atoms with van der Waals surface area (Å²) in [5, 5.41) is 8.96. The lowest BCUT2D eigenvalue weighted by molar-refractivity contribution is -0.144. The van der Waals surface area contributed by atoms with E-state index in [0.29, 0.717) is 22.8 Å². The first-order valence-corrected chi connectivity index (χ1v) is 8.45. The minimum absolute atomic E-state index is 0.272. The van der Waals surface area contributed by atoms with E-state index in [4.69, 9.17) is 14.7 Å². The van der Waals surface area contributed by atoms with Crippen molar-refractivity contribution < 1.29 is 19.1 Å². The van der Waals surface area contributed by atoms with Gasteiger partial charge in [-0.25, -0.2) is 4.79 Å². The largest absolute Gasteiger partial charge is 0.481 e. The Kier molecular flexibility index (Phi) is 6.92. The molecular formula is C21H21NO4.